The molecule has 0 radical (unpaired) electrons. The van der Waals surface area contributed by atoms with Gasteiger partial charge in [0.1, 0.15) is 61.0 Å². The Balaban J connectivity index is 1.04. The van der Waals surface area contributed by atoms with Gasteiger partial charge in [0.2, 0.25) is 0 Å². The van der Waals surface area contributed by atoms with Gasteiger partial charge in [-0.25, -0.2) is 4.79 Å². The van der Waals surface area contributed by atoms with Gasteiger partial charge in [0.05, 0.1) is 43.0 Å². The summed E-state index contributed by atoms with van der Waals surface area (Å²) in [5.41, 5.74) is -1.88. The number of aliphatic carboxylic acids is 1. The third kappa shape index (κ3) is 8.01. The van der Waals surface area contributed by atoms with E-state index in [2.05, 4.69) is 54.5 Å². The molecule has 67 heavy (non-hydrogen) atoms. The molecule has 25 atom stereocenters. The summed E-state index contributed by atoms with van der Waals surface area (Å²) in [6.07, 6.45) is -19.3. The fourth-order valence-electron chi connectivity index (χ4n) is 15.3. The minimum atomic E-state index is -1.98. The first-order chi connectivity index (χ1) is 31.1. The van der Waals surface area contributed by atoms with Crippen molar-refractivity contribution in [2.45, 2.75) is 217 Å². The third-order valence-corrected chi connectivity index (χ3v) is 19.4. The molecule has 19 heteroatoms. The number of rotatable bonds is 9. The van der Waals surface area contributed by atoms with Gasteiger partial charge in [0.15, 0.2) is 25.0 Å². The summed E-state index contributed by atoms with van der Waals surface area (Å²) in [5.74, 6) is -1.65. The topological polar surface area (TPSA) is 315 Å². The molecule has 19 nitrogen and oxygen atoms in total. The molecule has 0 amide bonds. The lowest BCUT2D eigenvalue weighted by atomic mass is 9.33. The molecule has 5 aliphatic carbocycles. The van der Waals surface area contributed by atoms with Crippen LogP contribution >= 0.6 is 0 Å². The van der Waals surface area contributed by atoms with Gasteiger partial charge >= 0.3 is 5.97 Å². The molecule has 0 bridgehead atoms. The molecule has 8 rings (SSSR count). The number of hydrogen-bond acceptors (Lipinski definition) is 18. The number of carboxylic acid groups (broad SMARTS) is 1. The standard InChI is InChI=1S/C48H78O19/c1-20-29(52)31(54)33(56)40(63-20)62-19-48-22(15-43(2,3)16-26(48)50)21-9-10-25-45(6)13-12-28(44(4,5)24(45)11-14-46(25,7)47(21,8)17-27(48)51)65-42-36(59)37(35(58)38(67-42)39(60)61)66-41-34(57)32(55)30(53)23(18-49)64-41/h9,20,22-38,40-42,49-59H,10-19H2,1-8H3,(H,60,61). The molecular formula is C48H78O19. The van der Waals surface area contributed by atoms with Crippen molar-refractivity contribution in [1.29, 1.82) is 0 Å². The first-order valence-electron chi connectivity index (χ1n) is 24.3. The molecule has 3 aliphatic heterocycles. The van der Waals surface area contributed by atoms with Crippen molar-refractivity contribution in [3.05, 3.63) is 11.6 Å². The van der Waals surface area contributed by atoms with E-state index in [-0.39, 0.29) is 40.6 Å². The van der Waals surface area contributed by atoms with Crippen LogP contribution in [0.15, 0.2) is 11.6 Å². The highest BCUT2D eigenvalue weighted by Gasteiger charge is 2.72. The first-order valence-corrected chi connectivity index (χ1v) is 24.3. The van der Waals surface area contributed by atoms with Crippen LogP contribution in [0.1, 0.15) is 107 Å². The van der Waals surface area contributed by atoms with Crippen LogP contribution in [0, 0.1) is 50.2 Å². The zero-order chi connectivity index (χ0) is 49.3. The Kier molecular flexibility index (Phi) is 13.9. The number of fused-ring (bicyclic) bond motifs is 7. The maximum Gasteiger partial charge on any atom is 0.335 e. The summed E-state index contributed by atoms with van der Waals surface area (Å²) in [6.45, 7) is 16.1. The average Bonchev–Trinajstić information content (AvgIpc) is 3.24. The van der Waals surface area contributed by atoms with E-state index in [1.807, 2.05) is 0 Å². The molecule has 25 unspecified atom stereocenters. The van der Waals surface area contributed by atoms with Crippen molar-refractivity contribution in [1.82, 2.24) is 0 Å². The molecule has 4 saturated carbocycles. The Morgan fingerprint density at radius 1 is 0.687 bits per heavy atom. The van der Waals surface area contributed by atoms with Crippen molar-refractivity contribution in [3.63, 3.8) is 0 Å². The number of ether oxygens (including phenoxy) is 6. The summed E-state index contributed by atoms with van der Waals surface area (Å²) in [7, 11) is 0. The van der Waals surface area contributed by atoms with Gasteiger partial charge in [-0.15, -0.1) is 0 Å². The predicted octanol–water partition coefficient (Wildman–Crippen LogP) is -0.325. The predicted molar refractivity (Wildman–Crippen MR) is 232 cm³/mol. The van der Waals surface area contributed by atoms with Gasteiger partial charge in [0.25, 0.3) is 0 Å². The second kappa shape index (κ2) is 17.9. The van der Waals surface area contributed by atoms with Crippen LogP contribution in [-0.2, 0) is 33.2 Å². The molecule has 12 N–H and O–H groups in total. The fourth-order valence-corrected chi connectivity index (χ4v) is 15.3. The second-order valence-electron chi connectivity index (χ2n) is 23.8. The van der Waals surface area contributed by atoms with Crippen LogP contribution in [0.25, 0.3) is 0 Å². The highest BCUT2D eigenvalue weighted by Crippen LogP contribution is 2.76. The van der Waals surface area contributed by atoms with E-state index in [0.29, 0.717) is 32.1 Å². The van der Waals surface area contributed by atoms with Crippen molar-refractivity contribution in [2.75, 3.05) is 13.2 Å². The van der Waals surface area contributed by atoms with Crippen LogP contribution in [-0.4, -0.2) is 191 Å². The monoisotopic (exact) mass is 959 g/mol. The van der Waals surface area contributed by atoms with Crippen molar-refractivity contribution >= 4 is 5.97 Å². The Morgan fingerprint density at radius 3 is 1.97 bits per heavy atom. The third-order valence-electron chi connectivity index (χ3n) is 19.4. The van der Waals surface area contributed by atoms with Crippen molar-refractivity contribution in [3.8, 4) is 0 Å². The van der Waals surface area contributed by atoms with Crippen LogP contribution in [0.3, 0.4) is 0 Å². The molecular weight excluding hydrogens is 881 g/mol. The molecule has 0 spiro atoms. The molecule has 384 valence electrons. The van der Waals surface area contributed by atoms with Crippen LogP contribution in [0.4, 0.5) is 0 Å². The number of hydrogen-bond donors (Lipinski definition) is 12. The lowest BCUT2D eigenvalue weighted by Gasteiger charge is -2.72. The van der Waals surface area contributed by atoms with Gasteiger partial charge in [0, 0.05) is 0 Å². The van der Waals surface area contributed by atoms with E-state index in [9.17, 15) is 66.1 Å². The fraction of sp³-hybridized carbons (Fsp3) is 0.938. The van der Waals surface area contributed by atoms with E-state index in [0.717, 1.165) is 19.3 Å². The number of carboxylic acids is 1. The normalized spacial score (nSPS) is 55.0. The van der Waals surface area contributed by atoms with Crippen LogP contribution in [0.2, 0.25) is 0 Å². The largest absolute Gasteiger partial charge is 0.479 e. The summed E-state index contributed by atoms with van der Waals surface area (Å²) >= 11 is 0. The van der Waals surface area contributed by atoms with E-state index < -0.39 is 139 Å². The van der Waals surface area contributed by atoms with Gasteiger partial charge in [-0.1, -0.05) is 60.1 Å². The smallest absolute Gasteiger partial charge is 0.335 e. The molecule has 0 aromatic heterocycles. The Morgan fingerprint density at radius 2 is 1.31 bits per heavy atom. The summed E-state index contributed by atoms with van der Waals surface area (Å²) in [5, 5.41) is 130. The maximum atomic E-state index is 12.7. The highest BCUT2D eigenvalue weighted by molar-refractivity contribution is 5.73. The maximum absolute atomic E-state index is 12.7. The minimum absolute atomic E-state index is 0.0627. The Hall–Kier alpha value is -1.47. The highest BCUT2D eigenvalue weighted by atomic mass is 16.7. The number of carbonyl (C=O) groups is 1. The lowest BCUT2D eigenvalue weighted by Crippen LogP contribution is -2.70. The molecule has 7 fully saturated rings. The second-order valence-corrected chi connectivity index (χ2v) is 23.8. The van der Waals surface area contributed by atoms with E-state index in [1.54, 1.807) is 6.92 Å². The van der Waals surface area contributed by atoms with E-state index >= 15 is 0 Å². The zero-order valence-corrected chi connectivity index (χ0v) is 40.0. The average molecular weight is 959 g/mol. The van der Waals surface area contributed by atoms with Crippen molar-refractivity contribution < 1.29 is 94.5 Å². The number of aliphatic hydroxyl groups is 11. The summed E-state index contributed by atoms with van der Waals surface area (Å²) < 4.78 is 35.7. The zero-order valence-electron chi connectivity index (χ0n) is 40.0. The van der Waals surface area contributed by atoms with Crippen LogP contribution < -0.4 is 0 Å². The molecule has 0 aromatic rings. The van der Waals surface area contributed by atoms with Gasteiger partial charge < -0.3 is 89.7 Å². The lowest BCUT2D eigenvalue weighted by molar-refractivity contribution is -0.365. The van der Waals surface area contributed by atoms with E-state index in [1.165, 1.54) is 5.57 Å². The first kappa shape index (κ1) is 51.9. The van der Waals surface area contributed by atoms with Crippen molar-refractivity contribution in [2.24, 2.45) is 50.2 Å². The van der Waals surface area contributed by atoms with Gasteiger partial charge in [-0.2, -0.15) is 0 Å². The summed E-state index contributed by atoms with van der Waals surface area (Å²) in [4.78, 5) is 12.4. The van der Waals surface area contributed by atoms with Crippen LogP contribution in [0.5, 0.6) is 0 Å². The Bertz CT molecular complexity index is 1850. The minimum Gasteiger partial charge on any atom is -0.479 e. The SMILES string of the molecule is CC1OC(OCC23C(O)CC(C)(C)CC2C2=CCC4C5(C)CCC(OC6OC(C(=O)O)C(O)C(OC7OC(CO)C(O)C(O)C7O)C6O)C(C)(C)C5CCC4(C)C2(C)CC3O)C(O)C(O)C1O. The quantitative estimate of drug-likeness (QED) is 0.104. The van der Waals surface area contributed by atoms with Gasteiger partial charge in [-0.3, -0.25) is 0 Å². The molecule has 3 heterocycles. The number of aliphatic hydroxyl groups excluding tert-OH is 11. The van der Waals surface area contributed by atoms with E-state index in [4.69, 9.17) is 28.4 Å². The molecule has 8 aliphatic rings. The molecule has 3 saturated heterocycles. The Labute approximate surface area is 392 Å². The van der Waals surface area contributed by atoms with Gasteiger partial charge in [-0.05, 0) is 103 Å². The number of allylic oxidation sites excluding steroid dienone is 2. The molecule has 0 aromatic carbocycles. The summed E-state index contributed by atoms with van der Waals surface area (Å²) in [6, 6.07) is 0.